The average molecular weight is 476 g/mol. The molecule has 0 fully saturated rings. The minimum atomic E-state index is -3.61. The van der Waals surface area contributed by atoms with Crippen LogP contribution in [0.1, 0.15) is 15.5 Å². The molecule has 0 atom stereocenters. The lowest BCUT2D eigenvalue weighted by atomic mass is 10.4. The minimum Gasteiger partial charge on any atom is -0.476 e. The highest BCUT2D eigenvalue weighted by Crippen LogP contribution is 2.34. The third-order valence-electron chi connectivity index (χ3n) is 2.32. The molecule has 0 unspecified atom stereocenters. The van der Waals surface area contributed by atoms with Crippen LogP contribution in [-0.2, 0) is 16.4 Å². The van der Waals surface area contributed by atoms with Crippen molar-refractivity contribution in [3.05, 3.63) is 29.7 Å². The third kappa shape index (κ3) is 4.33. The lowest BCUT2D eigenvalue weighted by Gasteiger charge is -2.04. The van der Waals surface area contributed by atoms with Gasteiger partial charge in [0.2, 0.25) is 10.0 Å². The summed E-state index contributed by atoms with van der Waals surface area (Å²) in [6.07, 6.45) is 0.333. The first kappa shape index (κ1) is 17.0. The highest BCUT2D eigenvalue weighted by molar-refractivity contribution is 9.12. The number of rotatable bonds is 6. The fraction of sp³-hybridized carbons (Fsp3) is 0.200. The van der Waals surface area contributed by atoms with E-state index in [1.807, 2.05) is 0 Å². The largest absolute Gasteiger partial charge is 0.476 e. The van der Waals surface area contributed by atoms with Crippen molar-refractivity contribution in [1.29, 1.82) is 0 Å². The summed E-state index contributed by atoms with van der Waals surface area (Å²) in [5, 5.41) is 10.8. The maximum absolute atomic E-state index is 12.1. The van der Waals surface area contributed by atoms with Crippen LogP contribution in [0.2, 0.25) is 0 Å². The van der Waals surface area contributed by atoms with E-state index >= 15 is 0 Å². The van der Waals surface area contributed by atoms with Crippen LogP contribution in [0.3, 0.4) is 0 Å². The molecule has 2 heterocycles. The molecular formula is C10H8Br2N2O4S3. The highest BCUT2D eigenvalue weighted by atomic mass is 79.9. The molecule has 2 rings (SSSR count). The number of nitrogens with zero attached hydrogens (tertiary/aromatic N) is 1. The van der Waals surface area contributed by atoms with Gasteiger partial charge in [0.25, 0.3) is 0 Å². The lowest BCUT2D eigenvalue weighted by molar-refractivity contribution is 0.0691. The number of carbonyl (C=O) groups is 1. The van der Waals surface area contributed by atoms with Crippen molar-refractivity contribution in [3.8, 4) is 0 Å². The number of sulfonamides is 1. The number of thiazole rings is 1. The van der Waals surface area contributed by atoms with Crippen LogP contribution in [0, 0.1) is 0 Å². The standard InChI is InChI=1S/C10H8Br2N2O4S3/c11-7-3-6(9(12)20-7)21(17,18)13-2-1-8-14-5(4-19-8)10(15)16/h3-4,13H,1-2H2,(H,15,16). The van der Waals surface area contributed by atoms with Gasteiger partial charge in [0.15, 0.2) is 5.69 Å². The van der Waals surface area contributed by atoms with E-state index in [0.29, 0.717) is 19.0 Å². The van der Waals surface area contributed by atoms with E-state index in [1.165, 1.54) is 34.1 Å². The number of aromatic nitrogens is 1. The molecule has 0 aliphatic rings. The summed E-state index contributed by atoms with van der Waals surface area (Å²) in [6.45, 7) is 0.148. The Bertz CT molecular complexity index is 769. The molecule has 21 heavy (non-hydrogen) atoms. The summed E-state index contributed by atoms with van der Waals surface area (Å²) in [7, 11) is -3.61. The van der Waals surface area contributed by atoms with Crippen LogP contribution in [-0.4, -0.2) is 31.0 Å². The van der Waals surface area contributed by atoms with Gasteiger partial charge in [-0.25, -0.2) is 22.9 Å². The van der Waals surface area contributed by atoms with E-state index in [9.17, 15) is 13.2 Å². The Morgan fingerprint density at radius 1 is 1.43 bits per heavy atom. The predicted octanol–water partition coefficient (Wildman–Crippen LogP) is 2.95. The first-order valence-electron chi connectivity index (χ1n) is 5.42. The lowest BCUT2D eigenvalue weighted by Crippen LogP contribution is -2.25. The zero-order chi connectivity index (χ0) is 15.6. The van der Waals surface area contributed by atoms with Gasteiger partial charge < -0.3 is 5.11 Å². The van der Waals surface area contributed by atoms with Crippen LogP contribution >= 0.6 is 54.5 Å². The SMILES string of the molecule is O=C(O)c1csc(CCNS(=O)(=O)c2cc(Br)sc2Br)n1. The Morgan fingerprint density at radius 3 is 2.67 bits per heavy atom. The molecule has 0 saturated carbocycles. The smallest absolute Gasteiger partial charge is 0.355 e. The summed E-state index contributed by atoms with van der Waals surface area (Å²) in [5.74, 6) is -1.09. The zero-order valence-corrected chi connectivity index (χ0v) is 15.8. The molecule has 11 heteroatoms. The van der Waals surface area contributed by atoms with Crippen LogP contribution in [0.5, 0.6) is 0 Å². The first-order valence-corrected chi connectivity index (χ1v) is 10.2. The van der Waals surface area contributed by atoms with Crippen LogP contribution in [0.4, 0.5) is 0 Å². The van der Waals surface area contributed by atoms with E-state index in [-0.39, 0.29) is 17.1 Å². The number of thiophene rings is 1. The Balaban J connectivity index is 1.99. The van der Waals surface area contributed by atoms with Crippen molar-refractivity contribution in [1.82, 2.24) is 9.71 Å². The summed E-state index contributed by atoms with van der Waals surface area (Å²) in [6, 6.07) is 1.52. The molecule has 0 aromatic carbocycles. The molecule has 2 aromatic rings. The van der Waals surface area contributed by atoms with E-state index < -0.39 is 16.0 Å². The molecule has 114 valence electrons. The maximum Gasteiger partial charge on any atom is 0.355 e. The molecule has 2 N–H and O–H groups in total. The molecule has 0 aliphatic carbocycles. The molecule has 6 nitrogen and oxygen atoms in total. The second kappa shape index (κ2) is 6.84. The quantitative estimate of drug-likeness (QED) is 0.669. The predicted molar refractivity (Wildman–Crippen MR) is 87.7 cm³/mol. The summed E-state index contributed by atoms with van der Waals surface area (Å²) in [5.41, 5.74) is -0.0256. The van der Waals surface area contributed by atoms with Crippen molar-refractivity contribution in [2.24, 2.45) is 0 Å². The molecule has 2 aromatic heterocycles. The van der Waals surface area contributed by atoms with Crippen molar-refractivity contribution < 1.29 is 18.3 Å². The number of hydrogen-bond donors (Lipinski definition) is 2. The zero-order valence-electron chi connectivity index (χ0n) is 10.2. The Kier molecular flexibility index (Phi) is 5.54. The van der Waals surface area contributed by atoms with Crippen LogP contribution < -0.4 is 4.72 Å². The van der Waals surface area contributed by atoms with Crippen molar-refractivity contribution in [3.63, 3.8) is 0 Å². The molecule has 0 radical (unpaired) electrons. The van der Waals surface area contributed by atoms with Gasteiger partial charge in [0, 0.05) is 18.3 Å². The van der Waals surface area contributed by atoms with Gasteiger partial charge in [0.05, 0.1) is 12.6 Å². The van der Waals surface area contributed by atoms with E-state index in [2.05, 4.69) is 41.6 Å². The molecule has 0 amide bonds. The van der Waals surface area contributed by atoms with Gasteiger partial charge in [-0.1, -0.05) is 0 Å². The van der Waals surface area contributed by atoms with Gasteiger partial charge in [0.1, 0.15) is 4.90 Å². The van der Waals surface area contributed by atoms with Crippen molar-refractivity contribution >= 4 is 70.5 Å². The molecular weight excluding hydrogens is 468 g/mol. The number of carboxylic acids is 1. The van der Waals surface area contributed by atoms with Crippen LogP contribution in [0.15, 0.2) is 23.9 Å². The Morgan fingerprint density at radius 2 is 2.14 bits per heavy atom. The average Bonchev–Trinajstić information content (AvgIpc) is 2.96. The molecule has 0 saturated heterocycles. The second-order valence-electron chi connectivity index (χ2n) is 3.77. The number of nitrogens with one attached hydrogen (secondary N) is 1. The minimum absolute atomic E-state index is 0.0256. The Labute approximate surface area is 145 Å². The van der Waals surface area contributed by atoms with E-state index in [4.69, 9.17) is 5.11 Å². The number of carboxylic acid groups (broad SMARTS) is 1. The van der Waals surface area contributed by atoms with E-state index in [1.54, 1.807) is 0 Å². The number of halogens is 2. The summed E-state index contributed by atoms with van der Waals surface area (Å²) >= 11 is 8.89. The number of aromatic carboxylic acids is 1. The molecule has 0 bridgehead atoms. The number of hydrogen-bond acceptors (Lipinski definition) is 6. The van der Waals surface area contributed by atoms with Crippen molar-refractivity contribution in [2.75, 3.05) is 6.54 Å². The summed E-state index contributed by atoms with van der Waals surface area (Å²) < 4.78 is 27.9. The van der Waals surface area contributed by atoms with Gasteiger partial charge >= 0.3 is 5.97 Å². The monoisotopic (exact) mass is 474 g/mol. The van der Waals surface area contributed by atoms with Gasteiger partial charge in [-0.2, -0.15) is 0 Å². The molecule has 0 aliphatic heterocycles. The highest BCUT2D eigenvalue weighted by Gasteiger charge is 2.20. The van der Waals surface area contributed by atoms with Gasteiger partial charge in [-0.05, 0) is 37.9 Å². The van der Waals surface area contributed by atoms with Crippen molar-refractivity contribution in [2.45, 2.75) is 11.3 Å². The Hall–Kier alpha value is -0.330. The topological polar surface area (TPSA) is 96.4 Å². The second-order valence-corrected chi connectivity index (χ2v) is 10.2. The fourth-order valence-corrected chi connectivity index (χ4v) is 7.02. The fourth-order valence-electron chi connectivity index (χ4n) is 1.40. The van der Waals surface area contributed by atoms with E-state index in [0.717, 1.165) is 0 Å². The van der Waals surface area contributed by atoms with Gasteiger partial charge in [-0.3, -0.25) is 0 Å². The van der Waals surface area contributed by atoms with Gasteiger partial charge in [-0.15, -0.1) is 22.7 Å². The normalized spacial score (nSPS) is 11.7. The maximum atomic E-state index is 12.1. The molecule has 0 spiro atoms. The third-order valence-corrected chi connectivity index (χ3v) is 7.44. The first-order chi connectivity index (χ1) is 9.79. The van der Waals surface area contributed by atoms with Crippen LogP contribution in [0.25, 0.3) is 0 Å². The summed E-state index contributed by atoms with van der Waals surface area (Å²) in [4.78, 5) is 14.8.